The van der Waals surface area contributed by atoms with Gasteiger partial charge in [0.05, 0.1) is 19.2 Å². The molecule has 118 valence electrons. The van der Waals surface area contributed by atoms with E-state index in [-0.39, 0.29) is 0 Å². The standard InChI is InChI=1S/C18H19N3O2/c1-12-8-9-15(13(2)10-12)19-11-17-20-21-18(23-17)14-6-4-5-7-16(14)22-3/h4-10,19H,11H2,1-3H3. The second kappa shape index (κ2) is 6.52. The van der Waals surface area contributed by atoms with Crippen LogP contribution in [-0.4, -0.2) is 17.3 Å². The van der Waals surface area contributed by atoms with E-state index in [4.69, 9.17) is 9.15 Å². The Morgan fingerprint density at radius 1 is 1.09 bits per heavy atom. The maximum Gasteiger partial charge on any atom is 0.251 e. The van der Waals surface area contributed by atoms with Gasteiger partial charge in [-0.05, 0) is 37.6 Å². The lowest BCUT2D eigenvalue weighted by molar-refractivity contribution is 0.413. The Hall–Kier alpha value is -2.82. The van der Waals surface area contributed by atoms with Crippen molar-refractivity contribution in [2.45, 2.75) is 20.4 Å². The quantitative estimate of drug-likeness (QED) is 0.772. The molecule has 0 bridgehead atoms. The first-order valence-corrected chi connectivity index (χ1v) is 7.44. The highest BCUT2D eigenvalue weighted by atomic mass is 16.5. The predicted molar refractivity (Wildman–Crippen MR) is 89.5 cm³/mol. The molecule has 0 amide bonds. The summed E-state index contributed by atoms with van der Waals surface area (Å²) in [6, 6.07) is 13.8. The Kier molecular flexibility index (Phi) is 4.28. The summed E-state index contributed by atoms with van der Waals surface area (Å²) in [6.45, 7) is 4.63. The average Bonchev–Trinajstić information content (AvgIpc) is 3.03. The Morgan fingerprint density at radius 2 is 1.91 bits per heavy atom. The summed E-state index contributed by atoms with van der Waals surface area (Å²) in [6.07, 6.45) is 0. The van der Waals surface area contributed by atoms with E-state index in [1.165, 1.54) is 11.1 Å². The van der Waals surface area contributed by atoms with Gasteiger partial charge in [-0.2, -0.15) is 0 Å². The van der Waals surface area contributed by atoms with Crippen molar-refractivity contribution in [3.8, 4) is 17.2 Å². The van der Waals surface area contributed by atoms with Crippen molar-refractivity contribution in [1.82, 2.24) is 10.2 Å². The van der Waals surface area contributed by atoms with Crippen LogP contribution >= 0.6 is 0 Å². The van der Waals surface area contributed by atoms with Gasteiger partial charge in [0.25, 0.3) is 5.89 Å². The third kappa shape index (κ3) is 3.34. The molecule has 0 fully saturated rings. The van der Waals surface area contributed by atoms with E-state index in [0.717, 1.165) is 11.3 Å². The van der Waals surface area contributed by atoms with Crippen LogP contribution in [0.15, 0.2) is 46.9 Å². The molecule has 0 aliphatic heterocycles. The largest absolute Gasteiger partial charge is 0.496 e. The van der Waals surface area contributed by atoms with Crippen LogP contribution in [0.3, 0.4) is 0 Å². The van der Waals surface area contributed by atoms with Crippen LogP contribution in [0.25, 0.3) is 11.5 Å². The van der Waals surface area contributed by atoms with Crippen LogP contribution in [0.5, 0.6) is 5.75 Å². The van der Waals surface area contributed by atoms with Crippen LogP contribution in [0.4, 0.5) is 5.69 Å². The van der Waals surface area contributed by atoms with Crippen LogP contribution in [0, 0.1) is 13.8 Å². The average molecular weight is 309 g/mol. The number of benzene rings is 2. The molecule has 0 spiro atoms. The summed E-state index contributed by atoms with van der Waals surface area (Å²) < 4.78 is 11.1. The van der Waals surface area contributed by atoms with Crippen molar-refractivity contribution in [3.63, 3.8) is 0 Å². The van der Waals surface area contributed by atoms with Gasteiger partial charge in [0, 0.05) is 5.69 Å². The Balaban J connectivity index is 1.75. The molecular formula is C18H19N3O2. The van der Waals surface area contributed by atoms with Gasteiger partial charge >= 0.3 is 0 Å². The molecule has 5 nitrogen and oxygen atoms in total. The highest BCUT2D eigenvalue weighted by molar-refractivity contribution is 5.62. The van der Waals surface area contributed by atoms with Gasteiger partial charge < -0.3 is 14.5 Å². The number of aromatic nitrogens is 2. The van der Waals surface area contributed by atoms with E-state index in [9.17, 15) is 0 Å². The molecule has 23 heavy (non-hydrogen) atoms. The smallest absolute Gasteiger partial charge is 0.251 e. The molecule has 0 atom stereocenters. The topological polar surface area (TPSA) is 60.2 Å². The summed E-state index contributed by atoms with van der Waals surface area (Å²) in [5, 5.41) is 11.5. The van der Waals surface area contributed by atoms with Crippen molar-refractivity contribution in [3.05, 3.63) is 59.5 Å². The first-order valence-electron chi connectivity index (χ1n) is 7.44. The Labute approximate surface area is 135 Å². The summed E-state index contributed by atoms with van der Waals surface area (Å²) in [5.41, 5.74) is 4.28. The number of nitrogens with one attached hydrogen (secondary N) is 1. The number of anilines is 1. The van der Waals surface area contributed by atoms with Crippen molar-refractivity contribution in [2.75, 3.05) is 12.4 Å². The minimum Gasteiger partial charge on any atom is -0.496 e. The number of aryl methyl sites for hydroxylation is 2. The second-order valence-corrected chi connectivity index (χ2v) is 5.37. The van der Waals surface area contributed by atoms with Gasteiger partial charge in [0.15, 0.2) is 0 Å². The predicted octanol–water partition coefficient (Wildman–Crippen LogP) is 3.97. The van der Waals surface area contributed by atoms with E-state index >= 15 is 0 Å². The maximum atomic E-state index is 5.73. The minimum atomic E-state index is 0.458. The molecule has 2 aromatic carbocycles. The number of nitrogens with zero attached hydrogens (tertiary/aromatic N) is 2. The first-order chi connectivity index (χ1) is 11.2. The fourth-order valence-corrected chi connectivity index (χ4v) is 2.44. The van der Waals surface area contributed by atoms with E-state index in [0.29, 0.717) is 24.1 Å². The number of hydrogen-bond acceptors (Lipinski definition) is 5. The third-order valence-electron chi connectivity index (χ3n) is 3.62. The molecule has 3 rings (SSSR count). The molecule has 5 heteroatoms. The fourth-order valence-electron chi connectivity index (χ4n) is 2.44. The number of para-hydroxylation sites is 1. The third-order valence-corrected chi connectivity index (χ3v) is 3.62. The molecular weight excluding hydrogens is 290 g/mol. The Bertz CT molecular complexity index is 812. The van der Waals surface area contributed by atoms with Crippen molar-refractivity contribution in [2.24, 2.45) is 0 Å². The number of methoxy groups -OCH3 is 1. The van der Waals surface area contributed by atoms with Crippen LogP contribution in [0.2, 0.25) is 0 Å². The lowest BCUT2D eigenvalue weighted by Gasteiger charge is -2.08. The van der Waals surface area contributed by atoms with E-state index < -0.39 is 0 Å². The van der Waals surface area contributed by atoms with Crippen LogP contribution in [0.1, 0.15) is 17.0 Å². The summed E-state index contributed by atoms with van der Waals surface area (Å²) in [7, 11) is 1.62. The summed E-state index contributed by atoms with van der Waals surface area (Å²) >= 11 is 0. The van der Waals surface area contributed by atoms with Gasteiger partial charge in [-0.15, -0.1) is 10.2 Å². The van der Waals surface area contributed by atoms with Crippen molar-refractivity contribution in [1.29, 1.82) is 0 Å². The molecule has 0 aliphatic carbocycles. The molecule has 1 N–H and O–H groups in total. The number of hydrogen-bond donors (Lipinski definition) is 1. The number of ether oxygens (including phenoxy) is 1. The van der Waals surface area contributed by atoms with Crippen LogP contribution < -0.4 is 10.1 Å². The molecule has 0 aliphatic rings. The van der Waals surface area contributed by atoms with E-state index in [2.05, 4.69) is 47.6 Å². The molecule has 1 heterocycles. The van der Waals surface area contributed by atoms with Gasteiger partial charge in [0.2, 0.25) is 5.89 Å². The lowest BCUT2D eigenvalue weighted by Crippen LogP contribution is -2.01. The monoisotopic (exact) mass is 309 g/mol. The Morgan fingerprint density at radius 3 is 2.70 bits per heavy atom. The van der Waals surface area contributed by atoms with Crippen molar-refractivity contribution >= 4 is 5.69 Å². The van der Waals surface area contributed by atoms with Gasteiger partial charge in [-0.3, -0.25) is 0 Å². The molecule has 0 saturated heterocycles. The zero-order valence-electron chi connectivity index (χ0n) is 13.5. The van der Waals surface area contributed by atoms with Crippen molar-refractivity contribution < 1.29 is 9.15 Å². The second-order valence-electron chi connectivity index (χ2n) is 5.37. The van der Waals surface area contributed by atoms with E-state index in [1.54, 1.807) is 7.11 Å². The van der Waals surface area contributed by atoms with Gasteiger partial charge in [-0.1, -0.05) is 29.8 Å². The SMILES string of the molecule is COc1ccccc1-c1nnc(CNc2ccc(C)cc2C)o1. The molecule has 0 unspecified atom stereocenters. The number of rotatable bonds is 5. The minimum absolute atomic E-state index is 0.458. The molecule has 1 aromatic heterocycles. The van der Waals surface area contributed by atoms with E-state index in [1.807, 2.05) is 24.3 Å². The molecule has 3 aromatic rings. The van der Waals surface area contributed by atoms with Gasteiger partial charge in [-0.25, -0.2) is 0 Å². The van der Waals surface area contributed by atoms with Gasteiger partial charge in [0.1, 0.15) is 5.75 Å². The first kappa shape index (κ1) is 15.1. The maximum absolute atomic E-state index is 5.73. The summed E-state index contributed by atoms with van der Waals surface area (Å²) in [5.74, 6) is 1.70. The fraction of sp³-hybridized carbons (Fsp3) is 0.222. The summed E-state index contributed by atoms with van der Waals surface area (Å²) in [4.78, 5) is 0. The highest BCUT2D eigenvalue weighted by Crippen LogP contribution is 2.28. The molecule has 0 saturated carbocycles. The zero-order chi connectivity index (χ0) is 16.2. The normalized spacial score (nSPS) is 10.6. The molecule has 0 radical (unpaired) electrons. The van der Waals surface area contributed by atoms with Crippen LogP contribution in [-0.2, 0) is 6.54 Å². The zero-order valence-corrected chi connectivity index (χ0v) is 13.5. The lowest BCUT2D eigenvalue weighted by atomic mass is 10.1. The highest BCUT2D eigenvalue weighted by Gasteiger charge is 2.12.